The Morgan fingerprint density at radius 1 is 1.30 bits per heavy atom. The molecule has 0 amide bonds. The average Bonchev–Trinajstić information content (AvgIpc) is 1.88. The van der Waals surface area contributed by atoms with E-state index < -0.39 is 12.2 Å². The number of aliphatic hydroxyl groups excluding tert-OH is 3. The predicted octanol–water partition coefficient (Wildman–Crippen LogP) is -0.723. The third kappa shape index (κ3) is 1.56. The topological polar surface area (TPSA) is 60.7 Å². The van der Waals surface area contributed by atoms with Crippen LogP contribution in [0.2, 0.25) is 0 Å². The minimum absolute atomic E-state index is 0.0512. The van der Waals surface area contributed by atoms with Crippen molar-refractivity contribution in [1.29, 1.82) is 0 Å². The standard InChI is InChI=1S/C7H12O3/c8-4-5-1-2-6(9)3-7(5)10/h1-2,5-10H,3-4H2/t5?,6?,7-/m0/s1. The highest BCUT2D eigenvalue weighted by Crippen LogP contribution is 2.17. The minimum atomic E-state index is -0.593. The molecule has 0 heterocycles. The summed E-state index contributed by atoms with van der Waals surface area (Å²) in [5.74, 6) is -0.191. The van der Waals surface area contributed by atoms with E-state index in [4.69, 9.17) is 15.3 Å². The van der Waals surface area contributed by atoms with Crippen molar-refractivity contribution >= 4 is 0 Å². The Kier molecular flexibility index (Phi) is 2.43. The van der Waals surface area contributed by atoms with Crippen LogP contribution in [-0.2, 0) is 0 Å². The van der Waals surface area contributed by atoms with Crippen LogP contribution in [0, 0.1) is 5.92 Å². The molecular weight excluding hydrogens is 132 g/mol. The maximum absolute atomic E-state index is 9.17. The maximum Gasteiger partial charge on any atom is 0.0745 e. The Balaban J connectivity index is 2.53. The van der Waals surface area contributed by atoms with Gasteiger partial charge in [0.1, 0.15) is 0 Å². The van der Waals surface area contributed by atoms with Gasteiger partial charge in [0.05, 0.1) is 18.8 Å². The molecule has 58 valence electrons. The van der Waals surface area contributed by atoms with E-state index in [1.165, 1.54) is 0 Å². The van der Waals surface area contributed by atoms with Crippen LogP contribution in [0.3, 0.4) is 0 Å². The van der Waals surface area contributed by atoms with Gasteiger partial charge in [-0.15, -0.1) is 0 Å². The first kappa shape index (κ1) is 7.72. The number of rotatable bonds is 1. The third-order valence-electron chi connectivity index (χ3n) is 1.77. The zero-order chi connectivity index (χ0) is 7.56. The predicted molar refractivity (Wildman–Crippen MR) is 36.3 cm³/mol. The molecule has 0 aromatic rings. The van der Waals surface area contributed by atoms with E-state index in [0.717, 1.165) is 0 Å². The first-order valence-corrected chi connectivity index (χ1v) is 3.39. The molecular formula is C7H12O3. The molecule has 1 rings (SSSR count). The molecule has 0 saturated heterocycles. The smallest absolute Gasteiger partial charge is 0.0745 e. The molecule has 3 heteroatoms. The molecule has 0 radical (unpaired) electrons. The maximum atomic E-state index is 9.17. The first-order valence-electron chi connectivity index (χ1n) is 3.39. The Bertz CT molecular complexity index is 133. The van der Waals surface area contributed by atoms with Crippen LogP contribution in [0.5, 0.6) is 0 Å². The van der Waals surface area contributed by atoms with E-state index in [-0.39, 0.29) is 12.5 Å². The fraction of sp³-hybridized carbons (Fsp3) is 0.714. The van der Waals surface area contributed by atoms with Crippen LogP contribution in [0.4, 0.5) is 0 Å². The summed E-state index contributed by atoms with van der Waals surface area (Å²) in [5, 5.41) is 26.8. The quantitative estimate of drug-likeness (QED) is 0.425. The molecule has 0 fully saturated rings. The second-order valence-corrected chi connectivity index (χ2v) is 2.60. The van der Waals surface area contributed by atoms with Crippen LogP contribution in [0.1, 0.15) is 6.42 Å². The van der Waals surface area contributed by atoms with Crippen molar-refractivity contribution in [3.63, 3.8) is 0 Å². The van der Waals surface area contributed by atoms with E-state index >= 15 is 0 Å². The summed E-state index contributed by atoms with van der Waals surface area (Å²) < 4.78 is 0. The van der Waals surface area contributed by atoms with Crippen LogP contribution < -0.4 is 0 Å². The average molecular weight is 144 g/mol. The molecule has 0 aromatic heterocycles. The molecule has 3 atom stereocenters. The van der Waals surface area contributed by atoms with E-state index in [9.17, 15) is 0 Å². The van der Waals surface area contributed by atoms with E-state index in [0.29, 0.717) is 6.42 Å². The van der Waals surface area contributed by atoms with Gasteiger partial charge >= 0.3 is 0 Å². The second kappa shape index (κ2) is 3.14. The van der Waals surface area contributed by atoms with Crippen LogP contribution in [0.15, 0.2) is 12.2 Å². The largest absolute Gasteiger partial charge is 0.396 e. The molecule has 0 aliphatic heterocycles. The zero-order valence-corrected chi connectivity index (χ0v) is 5.64. The highest BCUT2D eigenvalue weighted by molar-refractivity contribution is 5.01. The molecule has 1 aliphatic rings. The fourth-order valence-electron chi connectivity index (χ4n) is 1.08. The summed E-state index contributed by atoms with van der Waals surface area (Å²) in [6, 6.07) is 0. The van der Waals surface area contributed by atoms with Gasteiger partial charge in [-0.1, -0.05) is 12.2 Å². The van der Waals surface area contributed by atoms with Crippen molar-refractivity contribution < 1.29 is 15.3 Å². The second-order valence-electron chi connectivity index (χ2n) is 2.60. The fourth-order valence-corrected chi connectivity index (χ4v) is 1.08. The number of hydrogen-bond donors (Lipinski definition) is 3. The molecule has 0 aromatic carbocycles. The third-order valence-corrected chi connectivity index (χ3v) is 1.77. The Morgan fingerprint density at radius 2 is 2.00 bits per heavy atom. The van der Waals surface area contributed by atoms with E-state index in [1.54, 1.807) is 12.2 Å². The number of hydrogen-bond acceptors (Lipinski definition) is 3. The van der Waals surface area contributed by atoms with Gasteiger partial charge in [0.15, 0.2) is 0 Å². The van der Waals surface area contributed by atoms with Crippen molar-refractivity contribution in [2.75, 3.05) is 6.61 Å². The van der Waals surface area contributed by atoms with Crippen molar-refractivity contribution in [3.05, 3.63) is 12.2 Å². The van der Waals surface area contributed by atoms with Gasteiger partial charge in [-0.25, -0.2) is 0 Å². The van der Waals surface area contributed by atoms with E-state index in [2.05, 4.69) is 0 Å². The lowest BCUT2D eigenvalue weighted by Crippen LogP contribution is -2.29. The lowest BCUT2D eigenvalue weighted by atomic mass is 9.92. The van der Waals surface area contributed by atoms with Gasteiger partial charge in [0, 0.05) is 12.3 Å². The molecule has 2 unspecified atom stereocenters. The van der Waals surface area contributed by atoms with Gasteiger partial charge < -0.3 is 15.3 Å². The summed E-state index contributed by atoms with van der Waals surface area (Å²) in [6.45, 7) is -0.0512. The summed E-state index contributed by atoms with van der Waals surface area (Å²) in [7, 11) is 0. The summed E-state index contributed by atoms with van der Waals surface area (Å²) in [6.07, 6.45) is 2.46. The number of aliphatic hydroxyl groups is 3. The van der Waals surface area contributed by atoms with E-state index in [1.807, 2.05) is 0 Å². The lowest BCUT2D eigenvalue weighted by molar-refractivity contribution is 0.0426. The first-order chi connectivity index (χ1) is 4.74. The van der Waals surface area contributed by atoms with Gasteiger partial charge in [0.2, 0.25) is 0 Å². The van der Waals surface area contributed by atoms with Crippen molar-refractivity contribution in [3.8, 4) is 0 Å². The van der Waals surface area contributed by atoms with Gasteiger partial charge in [0.25, 0.3) is 0 Å². The highest BCUT2D eigenvalue weighted by Gasteiger charge is 2.22. The molecule has 0 spiro atoms. The molecule has 1 aliphatic carbocycles. The zero-order valence-electron chi connectivity index (χ0n) is 5.64. The molecule has 0 bridgehead atoms. The van der Waals surface area contributed by atoms with Gasteiger partial charge in [-0.2, -0.15) is 0 Å². The summed E-state index contributed by atoms with van der Waals surface area (Å²) in [5.41, 5.74) is 0. The lowest BCUT2D eigenvalue weighted by Gasteiger charge is -2.23. The highest BCUT2D eigenvalue weighted by atomic mass is 16.3. The molecule has 10 heavy (non-hydrogen) atoms. The minimum Gasteiger partial charge on any atom is -0.396 e. The molecule has 3 N–H and O–H groups in total. The summed E-state index contributed by atoms with van der Waals surface area (Å²) in [4.78, 5) is 0. The molecule has 0 saturated carbocycles. The normalized spacial score (nSPS) is 40.1. The van der Waals surface area contributed by atoms with Crippen molar-refractivity contribution in [1.82, 2.24) is 0 Å². The van der Waals surface area contributed by atoms with Gasteiger partial charge in [-0.05, 0) is 0 Å². The van der Waals surface area contributed by atoms with Crippen LogP contribution in [0.25, 0.3) is 0 Å². The van der Waals surface area contributed by atoms with Crippen molar-refractivity contribution in [2.45, 2.75) is 18.6 Å². The Hall–Kier alpha value is -0.380. The van der Waals surface area contributed by atoms with Crippen LogP contribution >= 0.6 is 0 Å². The monoisotopic (exact) mass is 144 g/mol. The van der Waals surface area contributed by atoms with Crippen LogP contribution in [-0.4, -0.2) is 34.1 Å². The summed E-state index contributed by atoms with van der Waals surface area (Å²) >= 11 is 0. The van der Waals surface area contributed by atoms with Gasteiger partial charge in [-0.3, -0.25) is 0 Å². The Morgan fingerprint density at radius 3 is 2.50 bits per heavy atom. The van der Waals surface area contributed by atoms with Crippen molar-refractivity contribution in [2.24, 2.45) is 5.92 Å². The Labute approximate surface area is 59.6 Å². The molecule has 3 nitrogen and oxygen atoms in total. The SMILES string of the molecule is OCC1C=CC(O)C[C@@H]1O.